The lowest BCUT2D eigenvalue weighted by atomic mass is 10.2. The normalized spacial score (nSPS) is 10.8. The summed E-state index contributed by atoms with van der Waals surface area (Å²) in [5.41, 5.74) is 0.945. The zero-order valence-electron chi connectivity index (χ0n) is 16.2. The molecule has 30 heavy (non-hydrogen) atoms. The summed E-state index contributed by atoms with van der Waals surface area (Å²) in [7, 11) is -2.19. The fraction of sp³-hybridized carbons (Fsp3) is 0.250. The minimum Gasteiger partial charge on any atom is -0.452 e. The number of benzene rings is 2. The van der Waals surface area contributed by atoms with Gasteiger partial charge in [-0.2, -0.15) is 5.26 Å². The molecule has 0 radical (unpaired) electrons. The van der Waals surface area contributed by atoms with E-state index in [1.165, 1.54) is 29.2 Å². The summed E-state index contributed by atoms with van der Waals surface area (Å²) < 4.78 is 31.4. The highest BCUT2D eigenvalue weighted by molar-refractivity contribution is 7.89. The van der Waals surface area contributed by atoms with Crippen LogP contribution in [0.2, 0.25) is 5.02 Å². The summed E-state index contributed by atoms with van der Waals surface area (Å²) in [6.45, 7) is -0.151. The van der Waals surface area contributed by atoms with Crippen LogP contribution in [0.4, 0.5) is 0 Å². The van der Waals surface area contributed by atoms with Gasteiger partial charge in [0.05, 0.1) is 16.5 Å². The third-order valence-electron chi connectivity index (χ3n) is 3.99. The third-order valence-corrected chi connectivity index (χ3v) is 5.70. The Bertz CT molecular complexity index is 1050. The number of esters is 1. The molecule has 10 heteroatoms. The van der Waals surface area contributed by atoms with Crippen molar-refractivity contribution in [2.24, 2.45) is 0 Å². The summed E-state index contributed by atoms with van der Waals surface area (Å²) in [6.07, 6.45) is 0.0451. The van der Waals surface area contributed by atoms with E-state index in [1.54, 1.807) is 25.2 Å². The van der Waals surface area contributed by atoms with E-state index >= 15 is 0 Å². The quantitative estimate of drug-likeness (QED) is 0.464. The maximum absolute atomic E-state index is 12.2. The van der Waals surface area contributed by atoms with Gasteiger partial charge in [0.2, 0.25) is 10.0 Å². The Hall–Kier alpha value is -2.93. The number of nitrogens with one attached hydrogen (secondary N) is 1. The van der Waals surface area contributed by atoms with Crippen LogP contribution in [0.5, 0.6) is 0 Å². The van der Waals surface area contributed by atoms with Crippen LogP contribution >= 0.6 is 11.6 Å². The Kier molecular flexibility index (Phi) is 8.35. The summed E-state index contributed by atoms with van der Waals surface area (Å²) in [6, 6.07) is 14.0. The minimum atomic E-state index is -3.77. The van der Waals surface area contributed by atoms with Gasteiger partial charge in [0.15, 0.2) is 6.61 Å². The van der Waals surface area contributed by atoms with Crippen molar-refractivity contribution >= 4 is 33.5 Å². The van der Waals surface area contributed by atoms with Crippen LogP contribution in [0.1, 0.15) is 22.3 Å². The molecule has 0 spiro atoms. The van der Waals surface area contributed by atoms with Crippen molar-refractivity contribution in [1.29, 1.82) is 5.26 Å². The predicted octanol–water partition coefficient (Wildman–Crippen LogP) is 2.35. The molecule has 0 saturated carbocycles. The van der Waals surface area contributed by atoms with E-state index in [4.69, 9.17) is 21.6 Å². The number of carbonyl (C=O) groups excluding carboxylic acids is 2. The molecule has 158 valence electrons. The number of sulfonamides is 1. The summed E-state index contributed by atoms with van der Waals surface area (Å²) in [5, 5.41) is 9.03. The van der Waals surface area contributed by atoms with Crippen molar-refractivity contribution in [2.75, 3.05) is 20.2 Å². The van der Waals surface area contributed by atoms with Gasteiger partial charge in [-0.15, -0.1) is 0 Å². The van der Waals surface area contributed by atoms with E-state index in [2.05, 4.69) is 4.72 Å². The first-order valence-corrected chi connectivity index (χ1v) is 10.7. The Morgan fingerprint density at radius 2 is 1.90 bits per heavy atom. The summed E-state index contributed by atoms with van der Waals surface area (Å²) >= 11 is 5.92. The van der Waals surface area contributed by atoms with Crippen molar-refractivity contribution < 1.29 is 22.7 Å². The molecule has 1 N–H and O–H groups in total. The number of nitrogens with zero attached hydrogens (tertiary/aromatic N) is 2. The van der Waals surface area contributed by atoms with Gasteiger partial charge in [0, 0.05) is 31.6 Å². The Balaban J connectivity index is 1.90. The lowest BCUT2D eigenvalue weighted by Gasteiger charge is -2.17. The smallest absolute Gasteiger partial charge is 0.338 e. The SMILES string of the molecule is CN(Cc1cccc(Cl)c1)C(=O)COC(=O)c1ccc(S(=O)(=O)NCCC#N)cc1. The second-order valence-electron chi connectivity index (χ2n) is 6.29. The molecule has 0 unspecified atom stereocenters. The first kappa shape index (κ1) is 23.3. The minimum absolute atomic E-state index is 0.00651. The van der Waals surface area contributed by atoms with Gasteiger partial charge in [-0.3, -0.25) is 4.79 Å². The van der Waals surface area contributed by atoms with Gasteiger partial charge >= 0.3 is 5.97 Å². The number of carbonyl (C=O) groups is 2. The van der Waals surface area contributed by atoms with E-state index in [9.17, 15) is 18.0 Å². The molecule has 0 saturated heterocycles. The van der Waals surface area contributed by atoms with Crippen LogP contribution in [0.25, 0.3) is 0 Å². The van der Waals surface area contributed by atoms with Crippen LogP contribution in [0.3, 0.4) is 0 Å². The maximum Gasteiger partial charge on any atom is 0.338 e. The van der Waals surface area contributed by atoms with E-state index < -0.39 is 28.5 Å². The molecule has 0 aliphatic rings. The van der Waals surface area contributed by atoms with Gasteiger partial charge < -0.3 is 9.64 Å². The lowest BCUT2D eigenvalue weighted by molar-refractivity contribution is -0.133. The highest BCUT2D eigenvalue weighted by Crippen LogP contribution is 2.13. The molecule has 0 bridgehead atoms. The average Bonchev–Trinajstić information content (AvgIpc) is 2.72. The van der Waals surface area contributed by atoms with Crippen molar-refractivity contribution in [1.82, 2.24) is 9.62 Å². The molecule has 1 amide bonds. The number of ether oxygens (including phenoxy) is 1. The van der Waals surface area contributed by atoms with Crippen LogP contribution in [-0.2, 0) is 26.1 Å². The van der Waals surface area contributed by atoms with Gasteiger partial charge in [0.25, 0.3) is 5.91 Å². The van der Waals surface area contributed by atoms with Crippen molar-refractivity contribution in [3.63, 3.8) is 0 Å². The van der Waals surface area contributed by atoms with Crippen LogP contribution in [-0.4, -0.2) is 45.4 Å². The molecule has 2 aromatic rings. The largest absolute Gasteiger partial charge is 0.452 e. The first-order chi connectivity index (χ1) is 14.2. The van der Waals surface area contributed by atoms with Crippen molar-refractivity contribution in [3.05, 3.63) is 64.7 Å². The lowest BCUT2D eigenvalue weighted by Crippen LogP contribution is -2.30. The second-order valence-corrected chi connectivity index (χ2v) is 8.49. The number of amides is 1. The molecule has 0 aliphatic carbocycles. The van der Waals surface area contributed by atoms with E-state index in [1.807, 2.05) is 12.1 Å². The topological polar surface area (TPSA) is 117 Å². The van der Waals surface area contributed by atoms with Crippen LogP contribution < -0.4 is 4.72 Å². The molecule has 0 heterocycles. The van der Waals surface area contributed by atoms with E-state index in [0.717, 1.165) is 5.56 Å². The maximum atomic E-state index is 12.2. The number of halogens is 1. The Morgan fingerprint density at radius 3 is 2.53 bits per heavy atom. The monoisotopic (exact) mass is 449 g/mol. The van der Waals surface area contributed by atoms with Gasteiger partial charge in [-0.05, 0) is 42.0 Å². The predicted molar refractivity (Wildman–Crippen MR) is 110 cm³/mol. The summed E-state index contributed by atoms with van der Waals surface area (Å²) in [4.78, 5) is 25.7. The van der Waals surface area contributed by atoms with Gasteiger partial charge in [0.1, 0.15) is 0 Å². The molecule has 0 aliphatic heterocycles. The second kappa shape index (κ2) is 10.7. The Labute approximate surface area is 180 Å². The fourth-order valence-electron chi connectivity index (χ4n) is 2.41. The zero-order chi connectivity index (χ0) is 22.1. The van der Waals surface area contributed by atoms with Gasteiger partial charge in [-0.25, -0.2) is 17.9 Å². The number of nitriles is 1. The number of hydrogen-bond acceptors (Lipinski definition) is 6. The Morgan fingerprint density at radius 1 is 1.20 bits per heavy atom. The van der Waals surface area contributed by atoms with Crippen LogP contribution in [0, 0.1) is 11.3 Å². The molecule has 2 rings (SSSR count). The molecule has 8 nitrogen and oxygen atoms in total. The molecule has 2 aromatic carbocycles. The fourth-order valence-corrected chi connectivity index (χ4v) is 3.66. The highest BCUT2D eigenvalue weighted by Gasteiger charge is 2.17. The third kappa shape index (κ3) is 6.84. The number of hydrogen-bond donors (Lipinski definition) is 1. The summed E-state index contributed by atoms with van der Waals surface area (Å²) in [5.74, 6) is -1.15. The standard InChI is InChI=1S/C20H20ClN3O5S/c1-24(13-15-4-2-5-17(21)12-15)19(25)14-29-20(26)16-6-8-18(9-7-16)30(27,28)23-11-3-10-22/h2,4-9,12,23H,3,11,13-14H2,1H3. The van der Waals surface area contributed by atoms with Crippen molar-refractivity contribution in [2.45, 2.75) is 17.9 Å². The first-order valence-electron chi connectivity index (χ1n) is 8.85. The van der Waals surface area contributed by atoms with E-state index in [0.29, 0.717) is 11.6 Å². The molecule has 0 fully saturated rings. The number of rotatable bonds is 9. The molecular weight excluding hydrogens is 430 g/mol. The molecule has 0 aromatic heterocycles. The molecule has 0 atom stereocenters. The highest BCUT2D eigenvalue weighted by atomic mass is 35.5. The molecular formula is C20H20ClN3O5S. The zero-order valence-corrected chi connectivity index (χ0v) is 17.7. The van der Waals surface area contributed by atoms with Crippen LogP contribution in [0.15, 0.2) is 53.4 Å². The van der Waals surface area contributed by atoms with Gasteiger partial charge in [-0.1, -0.05) is 23.7 Å². The number of likely N-dealkylation sites (N-methyl/N-ethyl adjacent to an activating group) is 1. The average molecular weight is 450 g/mol. The van der Waals surface area contributed by atoms with Crippen molar-refractivity contribution in [3.8, 4) is 6.07 Å². The van der Waals surface area contributed by atoms with E-state index in [-0.39, 0.29) is 23.4 Å².